The molecule has 0 saturated carbocycles. The fraction of sp³-hybridized carbons (Fsp3) is 0.250. The van der Waals surface area contributed by atoms with E-state index in [1.807, 2.05) is 24.3 Å². The van der Waals surface area contributed by atoms with E-state index in [0.717, 1.165) is 10.0 Å². The lowest BCUT2D eigenvalue weighted by Gasteiger charge is -2.31. The summed E-state index contributed by atoms with van der Waals surface area (Å²) < 4.78 is 28.5. The summed E-state index contributed by atoms with van der Waals surface area (Å²) in [5.74, 6) is -0.0601. The van der Waals surface area contributed by atoms with Gasteiger partial charge >= 0.3 is 0 Å². The van der Waals surface area contributed by atoms with Crippen molar-refractivity contribution in [3.63, 3.8) is 0 Å². The first-order chi connectivity index (χ1) is 13.0. The molecule has 1 saturated heterocycles. The van der Waals surface area contributed by atoms with Gasteiger partial charge in [-0.2, -0.15) is 0 Å². The van der Waals surface area contributed by atoms with Gasteiger partial charge in [0.05, 0.1) is 4.90 Å². The molecule has 0 unspecified atom stereocenters. The Balaban J connectivity index is 1.54. The SMILES string of the molecule is O=C(/C=C/c1ccccc1Br)N1CCC(NS(=O)(=O)c2ccccc2)CC1. The van der Waals surface area contributed by atoms with Crippen molar-refractivity contribution in [2.45, 2.75) is 23.8 Å². The number of nitrogens with zero attached hydrogens (tertiary/aromatic N) is 1. The Kier molecular flexibility index (Phi) is 6.46. The molecule has 5 nitrogen and oxygen atoms in total. The summed E-state index contributed by atoms with van der Waals surface area (Å²) in [6, 6.07) is 15.9. The quantitative estimate of drug-likeness (QED) is 0.712. The van der Waals surface area contributed by atoms with E-state index in [2.05, 4.69) is 20.7 Å². The molecular weight excluding hydrogens is 428 g/mol. The molecule has 142 valence electrons. The maximum atomic E-state index is 12.4. The molecular formula is C20H21BrN2O3S. The summed E-state index contributed by atoms with van der Waals surface area (Å²) in [4.78, 5) is 14.4. The molecule has 1 aliphatic heterocycles. The van der Waals surface area contributed by atoms with E-state index >= 15 is 0 Å². The highest BCUT2D eigenvalue weighted by molar-refractivity contribution is 9.10. The van der Waals surface area contributed by atoms with Crippen LogP contribution < -0.4 is 4.72 Å². The van der Waals surface area contributed by atoms with Gasteiger partial charge < -0.3 is 4.90 Å². The van der Waals surface area contributed by atoms with Crippen molar-refractivity contribution in [2.24, 2.45) is 0 Å². The van der Waals surface area contributed by atoms with Gasteiger partial charge in [0.15, 0.2) is 0 Å². The summed E-state index contributed by atoms with van der Waals surface area (Å²) in [6.07, 6.45) is 4.55. The van der Waals surface area contributed by atoms with Crippen LogP contribution in [0.3, 0.4) is 0 Å². The maximum Gasteiger partial charge on any atom is 0.246 e. The summed E-state index contributed by atoms with van der Waals surface area (Å²) in [5, 5.41) is 0. The predicted octanol–water partition coefficient (Wildman–Crippen LogP) is 3.43. The van der Waals surface area contributed by atoms with E-state index in [-0.39, 0.29) is 16.8 Å². The van der Waals surface area contributed by atoms with Crippen LogP contribution in [0.1, 0.15) is 18.4 Å². The van der Waals surface area contributed by atoms with Crippen LogP contribution in [0.4, 0.5) is 0 Å². The van der Waals surface area contributed by atoms with Crippen LogP contribution in [0.25, 0.3) is 6.08 Å². The molecule has 1 heterocycles. The highest BCUT2D eigenvalue weighted by atomic mass is 79.9. The smallest absolute Gasteiger partial charge is 0.246 e. The Labute approximate surface area is 168 Å². The maximum absolute atomic E-state index is 12.4. The molecule has 27 heavy (non-hydrogen) atoms. The number of carbonyl (C=O) groups is 1. The fourth-order valence-corrected chi connectivity index (χ4v) is 4.72. The van der Waals surface area contributed by atoms with Crippen LogP contribution in [-0.4, -0.2) is 38.4 Å². The largest absolute Gasteiger partial charge is 0.339 e. The second-order valence-corrected chi connectivity index (χ2v) is 8.96. The van der Waals surface area contributed by atoms with E-state index < -0.39 is 10.0 Å². The van der Waals surface area contributed by atoms with Gasteiger partial charge in [0.1, 0.15) is 0 Å². The third kappa shape index (κ3) is 5.28. The van der Waals surface area contributed by atoms with Gasteiger partial charge in [-0.3, -0.25) is 4.79 Å². The van der Waals surface area contributed by atoms with E-state index in [4.69, 9.17) is 0 Å². The minimum absolute atomic E-state index is 0.0601. The fourth-order valence-electron chi connectivity index (χ4n) is 2.98. The van der Waals surface area contributed by atoms with Gasteiger partial charge in [-0.1, -0.05) is 52.3 Å². The third-order valence-electron chi connectivity index (χ3n) is 4.49. The molecule has 1 aliphatic rings. The number of nitrogens with one attached hydrogen (secondary N) is 1. The average molecular weight is 449 g/mol. The second-order valence-electron chi connectivity index (χ2n) is 6.39. The Bertz CT molecular complexity index is 921. The van der Waals surface area contributed by atoms with Crippen LogP contribution in [0.15, 0.2) is 70.0 Å². The van der Waals surface area contributed by atoms with Crippen molar-refractivity contribution >= 4 is 37.9 Å². The van der Waals surface area contributed by atoms with Crippen LogP contribution in [-0.2, 0) is 14.8 Å². The summed E-state index contributed by atoms with van der Waals surface area (Å²) in [6.45, 7) is 1.06. The lowest BCUT2D eigenvalue weighted by molar-refractivity contribution is -0.126. The van der Waals surface area contributed by atoms with E-state index in [9.17, 15) is 13.2 Å². The molecule has 2 aromatic rings. The number of halogens is 1. The molecule has 1 amide bonds. The van der Waals surface area contributed by atoms with Crippen LogP contribution in [0.5, 0.6) is 0 Å². The number of sulfonamides is 1. The van der Waals surface area contributed by atoms with Crippen molar-refractivity contribution < 1.29 is 13.2 Å². The van der Waals surface area contributed by atoms with Gasteiger partial charge in [0, 0.05) is 29.7 Å². The van der Waals surface area contributed by atoms with E-state index in [1.165, 1.54) is 0 Å². The molecule has 0 atom stereocenters. The Morgan fingerprint density at radius 1 is 1.04 bits per heavy atom. The molecule has 7 heteroatoms. The minimum Gasteiger partial charge on any atom is -0.339 e. The zero-order chi connectivity index (χ0) is 19.3. The average Bonchev–Trinajstić information content (AvgIpc) is 2.68. The second kappa shape index (κ2) is 8.82. The zero-order valence-corrected chi connectivity index (χ0v) is 17.1. The molecule has 0 spiro atoms. The Morgan fingerprint density at radius 3 is 2.33 bits per heavy atom. The number of hydrogen-bond donors (Lipinski definition) is 1. The monoisotopic (exact) mass is 448 g/mol. The molecule has 1 N–H and O–H groups in total. The molecule has 0 bridgehead atoms. The summed E-state index contributed by atoms with van der Waals surface area (Å²) in [7, 11) is -3.52. The first kappa shape index (κ1) is 19.8. The van der Waals surface area contributed by atoms with Gasteiger partial charge in [-0.05, 0) is 42.7 Å². The number of rotatable bonds is 5. The zero-order valence-electron chi connectivity index (χ0n) is 14.7. The van der Waals surface area contributed by atoms with Gasteiger partial charge in [-0.15, -0.1) is 0 Å². The lowest BCUT2D eigenvalue weighted by Crippen LogP contribution is -2.46. The van der Waals surface area contributed by atoms with Gasteiger partial charge in [-0.25, -0.2) is 13.1 Å². The van der Waals surface area contributed by atoms with Gasteiger partial charge in [0.2, 0.25) is 15.9 Å². The minimum atomic E-state index is -3.52. The number of likely N-dealkylation sites (tertiary alicyclic amines) is 1. The Hall–Kier alpha value is -1.96. The predicted molar refractivity (Wildman–Crippen MR) is 110 cm³/mol. The molecule has 0 aliphatic carbocycles. The van der Waals surface area contributed by atoms with Crippen molar-refractivity contribution in [2.75, 3.05) is 13.1 Å². The standard InChI is InChI=1S/C20H21BrN2O3S/c21-19-9-5-4-6-16(19)10-11-20(24)23-14-12-17(13-15-23)22-27(25,26)18-7-2-1-3-8-18/h1-11,17,22H,12-15H2/b11-10+. The first-order valence-electron chi connectivity index (χ1n) is 8.74. The van der Waals surface area contributed by atoms with Crippen molar-refractivity contribution in [1.29, 1.82) is 0 Å². The Morgan fingerprint density at radius 2 is 1.67 bits per heavy atom. The highest BCUT2D eigenvalue weighted by Crippen LogP contribution is 2.18. The molecule has 3 rings (SSSR count). The number of hydrogen-bond acceptors (Lipinski definition) is 3. The summed E-state index contributed by atoms with van der Waals surface area (Å²) >= 11 is 3.46. The molecule has 1 fully saturated rings. The number of benzene rings is 2. The van der Waals surface area contributed by atoms with Crippen molar-refractivity contribution in [3.8, 4) is 0 Å². The molecule has 0 radical (unpaired) electrons. The summed E-state index contributed by atoms with van der Waals surface area (Å²) in [5.41, 5.74) is 0.941. The third-order valence-corrected chi connectivity index (χ3v) is 6.75. The molecule has 0 aromatic heterocycles. The lowest BCUT2D eigenvalue weighted by atomic mass is 10.1. The normalized spacial score (nSPS) is 16.0. The van der Waals surface area contributed by atoms with Crippen molar-refractivity contribution in [1.82, 2.24) is 9.62 Å². The van der Waals surface area contributed by atoms with Crippen molar-refractivity contribution in [3.05, 3.63) is 70.7 Å². The van der Waals surface area contributed by atoms with Gasteiger partial charge in [0.25, 0.3) is 0 Å². The first-order valence-corrected chi connectivity index (χ1v) is 11.0. The number of carbonyl (C=O) groups excluding carboxylic acids is 1. The van der Waals surface area contributed by atoms with E-state index in [0.29, 0.717) is 25.9 Å². The molecule has 2 aromatic carbocycles. The van der Waals surface area contributed by atoms with E-state index in [1.54, 1.807) is 47.4 Å². The number of amides is 1. The number of piperidine rings is 1. The van der Waals surface area contributed by atoms with Crippen LogP contribution in [0.2, 0.25) is 0 Å². The topological polar surface area (TPSA) is 66.5 Å². The van der Waals surface area contributed by atoms with Crippen LogP contribution in [0, 0.1) is 0 Å². The highest BCUT2D eigenvalue weighted by Gasteiger charge is 2.25. The van der Waals surface area contributed by atoms with Crippen LogP contribution >= 0.6 is 15.9 Å².